The summed E-state index contributed by atoms with van der Waals surface area (Å²) >= 11 is 0. The molecule has 0 unspecified atom stereocenters. The van der Waals surface area contributed by atoms with E-state index < -0.39 is 0 Å². The molecule has 1 aliphatic rings. The molecule has 136 valence electrons. The van der Waals surface area contributed by atoms with Crippen LogP contribution in [-0.2, 0) is 4.79 Å². The summed E-state index contributed by atoms with van der Waals surface area (Å²) in [7, 11) is 0. The van der Waals surface area contributed by atoms with Gasteiger partial charge in [-0.1, -0.05) is 24.3 Å². The monoisotopic (exact) mass is 355 g/mol. The molecule has 1 N–H and O–H groups in total. The Hall–Kier alpha value is -2.73. The molecule has 26 heavy (non-hydrogen) atoms. The Balaban J connectivity index is 1.54. The Kier molecular flexibility index (Phi) is 5.63. The third kappa shape index (κ3) is 4.26. The summed E-state index contributed by atoms with van der Waals surface area (Å²) in [5, 5.41) is 2.82. The van der Waals surface area contributed by atoms with E-state index in [-0.39, 0.29) is 24.1 Å². The lowest BCUT2D eigenvalue weighted by Crippen LogP contribution is -2.49. The second-order valence-corrected chi connectivity index (χ2v) is 6.36. The standard InChI is InChI=1S/C20H22FN3O2/c1-15(25)16-6-2-4-8-18(16)22-20(26)14-23-10-12-24(13-11-23)19-9-5-3-7-17(19)21/h2-9H,10-14H2,1H3,(H,22,26). The van der Waals surface area contributed by atoms with Gasteiger partial charge in [-0.25, -0.2) is 4.39 Å². The molecular weight excluding hydrogens is 333 g/mol. The van der Waals surface area contributed by atoms with Crippen molar-refractivity contribution < 1.29 is 14.0 Å². The van der Waals surface area contributed by atoms with Crippen LogP contribution in [0.15, 0.2) is 48.5 Å². The van der Waals surface area contributed by atoms with Crippen molar-refractivity contribution in [1.29, 1.82) is 0 Å². The second-order valence-electron chi connectivity index (χ2n) is 6.36. The van der Waals surface area contributed by atoms with Gasteiger partial charge in [0.15, 0.2) is 5.78 Å². The second kappa shape index (κ2) is 8.10. The van der Waals surface area contributed by atoms with Crippen molar-refractivity contribution >= 4 is 23.1 Å². The van der Waals surface area contributed by atoms with E-state index >= 15 is 0 Å². The van der Waals surface area contributed by atoms with Gasteiger partial charge in [0, 0.05) is 31.7 Å². The summed E-state index contributed by atoms with van der Waals surface area (Å²) < 4.78 is 13.9. The lowest BCUT2D eigenvalue weighted by atomic mass is 10.1. The molecular formula is C20H22FN3O2. The average molecular weight is 355 g/mol. The van der Waals surface area contributed by atoms with E-state index in [1.807, 2.05) is 15.9 Å². The van der Waals surface area contributed by atoms with Crippen molar-refractivity contribution in [2.45, 2.75) is 6.92 Å². The van der Waals surface area contributed by atoms with Crippen LogP contribution >= 0.6 is 0 Å². The van der Waals surface area contributed by atoms with E-state index in [1.54, 1.807) is 36.4 Å². The van der Waals surface area contributed by atoms with Crippen LogP contribution in [0.25, 0.3) is 0 Å². The lowest BCUT2D eigenvalue weighted by Gasteiger charge is -2.35. The molecule has 1 heterocycles. The molecule has 0 aromatic heterocycles. The Labute approximate surface area is 152 Å². The summed E-state index contributed by atoms with van der Waals surface area (Å²) in [5.74, 6) is -0.461. The zero-order valence-electron chi connectivity index (χ0n) is 14.7. The average Bonchev–Trinajstić information content (AvgIpc) is 2.63. The number of hydrogen-bond donors (Lipinski definition) is 1. The van der Waals surface area contributed by atoms with Crippen molar-refractivity contribution in [3.05, 3.63) is 59.9 Å². The topological polar surface area (TPSA) is 52.7 Å². The maximum atomic E-state index is 13.9. The van der Waals surface area contributed by atoms with Gasteiger partial charge in [-0.3, -0.25) is 14.5 Å². The summed E-state index contributed by atoms with van der Waals surface area (Å²) in [4.78, 5) is 28.0. The minimum Gasteiger partial charge on any atom is -0.367 e. The van der Waals surface area contributed by atoms with Gasteiger partial charge in [0.05, 0.1) is 17.9 Å². The maximum absolute atomic E-state index is 13.9. The number of rotatable bonds is 5. The van der Waals surface area contributed by atoms with Gasteiger partial charge >= 0.3 is 0 Å². The summed E-state index contributed by atoms with van der Waals surface area (Å²) in [6.07, 6.45) is 0. The number of carbonyl (C=O) groups is 2. The predicted octanol–water partition coefficient (Wildman–Crippen LogP) is 2.79. The molecule has 0 saturated carbocycles. The van der Waals surface area contributed by atoms with Crippen molar-refractivity contribution in [3.8, 4) is 0 Å². The summed E-state index contributed by atoms with van der Waals surface area (Å²) in [6, 6.07) is 13.7. The molecule has 1 amide bonds. The molecule has 1 fully saturated rings. The van der Waals surface area contributed by atoms with Crippen LogP contribution in [0.5, 0.6) is 0 Å². The number of halogens is 1. The highest BCUT2D eigenvalue weighted by Crippen LogP contribution is 2.20. The highest BCUT2D eigenvalue weighted by molar-refractivity contribution is 6.04. The molecule has 0 radical (unpaired) electrons. The van der Waals surface area contributed by atoms with Crippen molar-refractivity contribution in [2.24, 2.45) is 0 Å². The first-order valence-corrected chi connectivity index (χ1v) is 8.66. The van der Waals surface area contributed by atoms with Gasteiger partial charge < -0.3 is 10.2 Å². The molecule has 0 aliphatic carbocycles. The SMILES string of the molecule is CC(=O)c1ccccc1NC(=O)CN1CCN(c2ccccc2F)CC1. The molecule has 2 aromatic carbocycles. The Morgan fingerprint density at radius 3 is 2.35 bits per heavy atom. The fraction of sp³-hybridized carbons (Fsp3) is 0.300. The zero-order valence-corrected chi connectivity index (χ0v) is 14.7. The number of Topliss-reactive ketones (excluding diaryl/α,β-unsaturated/α-hetero) is 1. The number of para-hydroxylation sites is 2. The Bertz CT molecular complexity index is 801. The lowest BCUT2D eigenvalue weighted by molar-refractivity contribution is -0.117. The zero-order chi connectivity index (χ0) is 18.5. The number of carbonyl (C=O) groups excluding carboxylic acids is 2. The highest BCUT2D eigenvalue weighted by atomic mass is 19.1. The minimum absolute atomic E-state index is 0.0839. The highest BCUT2D eigenvalue weighted by Gasteiger charge is 2.21. The van der Waals surface area contributed by atoms with Gasteiger partial charge in [0.1, 0.15) is 5.82 Å². The Morgan fingerprint density at radius 1 is 1.00 bits per heavy atom. The molecule has 0 bridgehead atoms. The molecule has 6 heteroatoms. The van der Waals surface area contributed by atoms with Crippen molar-refractivity contribution in [3.63, 3.8) is 0 Å². The summed E-state index contributed by atoms with van der Waals surface area (Å²) in [6.45, 7) is 4.41. The van der Waals surface area contributed by atoms with Gasteiger partial charge in [0.25, 0.3) is 0 Å². The molecule has 0 atom stereocenters. The van der Waals surface area contributed by atoms with E-state index in [0.717, 1.165) is 0 Å². The molecule has 3 rings (SSSR count). The van der Waals surface area contributed by atoms with Crippen LogP contribution in [0.1, 0.15) is 17.3 Å². The first-order chi connectivity index (χ1) is 12.5. The first kappa shape index (κ1) is 18.1. The Morgan fingerprint density at radius 2 is 1.65 bits per heavy atom. The fourth-order valence-corrected chi connectivity index (χ4v) is 3.15. The number of anilines is 2. The summed E-state index contributed by atoms with van der Waals surface area (Å²) in [5.41, 5.74) is 1.65. The van der Waals surface area contributed by atoms with Crippen molar-refractivity contribution in [2.75, 3.05) is 42.9 Å². The molecule has 1 aliphatic heterocycles. The normalized spacial score (nSPS) is 14.9. The number of piperazine rings is 1. The number of amides is 1. The molecule has 5 nitrogen and oxygen atoms in total. The van der Waals surface area contributed by atoms with E-state index in [0.29, 0.717) is 43.1 Å². The largest absolute Gasteiger partial charge is 0.367 e. The maximum Gasteiger partial charge on any atom is 0.238 e. The van der Waals surface area contributed by atoms with Gasteiger partial charge in [0.2, 0.25) is 5.91 Å². The van der Waals surface area contributed by atoms with E-state index in [9.17, 15) is 14.0 Å². The van der Waals surface area contributed by atoms with Crippen LogP contribution < -0.4 is 10.2 Å². The third-order valence-corrected chi connectivity index (χ3v) is 4.51. The van der Waals surface area contributed by atoms with E-state index in [2.05, 4.69) is 5.32 Å². The smallest absolute Gasteiger partial charge is 0.238 e. The number of hydrogen-bond acceptors (Lipinski definition) is 4. The molecule has 1 saturated heterocycles. The fourth-order valence-electron chi connectivity index (χ4n) is 3.15. The van der Waals surface area contributed by atoms with Crippen LogP contribution in [0.4, 0.5) is 15.8 Å². The quantitative estimate of drug-likeness (QED) is 0.838. The van der Waals surface area contributed by atoms with Gasteiger partial charge in [-0.05, 0) is 31.2 Å². The van der Waals surface area contributed by atoms with Crippen LogP contribution in [0.2, 0.25) is 0 Å². The van der Waals surface area contributed by atoms with Crippen LogP contribution in [0.3, 0.4) is 0 Å². The molecule has 2 aromatic rings. The third-order valence-electron chi connectivity index (χ3n) is 4.51. The first-order valence-electron chi connectivity index (χ1n) is 8.66. The number of nitrogens with one attached hydrogen (secondary N) is 1. The van der Waals surface area contributed by atoms with Crippen molar-refractivity contribution in [1.82, 2.24) is 4.90 Å². The van der Waals surface area contributed by atoms with E-state index in [4.69, 9.17) is 0 Å². The predicted molar refractivity (Wildman–Crippen MR) is 100 cm³/mol. The van der Waals surface area contributed by atoms with Gasteiger partial charge in [-0.2, -0.15) is 0 Å². The van der Waals surface area contributed by atoms with Crippen LogP contribution in [0, 0.1) is 5.82 Å². The van der Waals surface area contributed by atoms with Crippen LogP contribution in [-0.4, -0.2) is 49.3 Å². The number of benzene rings is 2. The molecule has 0 spiro atoms. The van der Waals surface area contributed by atoms with E-state index in [1.165, 1.54) is 13.0 Å². The number of nitrogens with zero attached hydrogens (tertiary/aromatic N) is 2. The number of ketones is 1. The van der Waals surface area contributed by atoms with Gasteiger partial charge in [-0.15, -0.1) is 0 Å². The minimum atomic E-state index is -0.223.